The molecule has 0 spiro atoms. The summed E-state index contributed by atoms with van der Waals surface area (Å²) in [4.78, 5) is 23.1. The van der Waals surface area contributed by atoms with Gasteiger partial charge in [-0.3, -0.25) is 4.89 Å². The third-order valence-electron chi connectivity index (χ3n) is 0.729. The van der Waals surface area contributed by atoms with Gasteiger partial charge in [0.25, 0.3) is 0 Å². The molecule has 0 aromatic heterocycles. The first-order chi connectivity index (χ1) is 4.57. The quantitative estimate of drug-likeness (QED) is 0.199. The second-order valence-electron chi connectivity index (χ2n) is 1.53. The molecule has 0 atom stereocenters. The number of carbonyl (C=O) groups is 2. The first-order valence-corrected chi connectivity index (χ1v) is 2.31. The second-order valence-corrected chi connectivity index (χ2v) is 1.53. The summed E-state index contributed by atoms with van der Waals surface area (Å²) >= 11 is 0. The van der Waals surface area contributed by atoms with Crippen molar-refractivity contribution in [3.8, 4) is 0 Å². The van der Waals surface area contributed by atoms with E-state index in [-0.39, 0.29) is 35.1 Å². The number of hydrogen-bond acceptors (Lipinski definition) is 5. The van der Waals surface area contributed by atoms with Crippen LogP contribution in [0.25, 0.3) is 0 Å². The summed E-state index contributed by atoms with van der Waals surface area (Å²) in [5.74, 6) is -2.61. The van der Waals surface area contributed by atoms with E-state index in [1.807, 2.05) is 0 Å². The molecule has 0 fully saturated rings. The summed E-state index contributed by atoms with van der Waals surface area (Å²) < 4.78 is 0. The van der Waals surface area contributed by atoms with Gasteiger partial charge in [0.15, 0.2) is 0 Å². The Morgan fingerprint density at radius 3 is 2.27 bits per heavy atom. The minimum atomic E-state index is -1.45. The van der Waals surface area contributed by atoms with Gasteiger partial charge in [-0.1, -0.05) is 6.58 Å². The Morgan fingerprint density at radius 1 is 1.55 bits per heavy atom. The van der Waals surface area contributed by atoms with E-state index in [0.717, 1.165) is 0 Å². The number of carbonyl (C=O) groups excluding carboxylic acids is 2. The van der Waals surface area contributed by atoms with Gasteiger partial charge in [0.05, 0.1) is 0 Å². The van der Waals surface area contributed by atoms with Crippen molar-refractivity contribution in [1.82, 2.24) is 0 Å². The van der Waals surface area contributed by atoms with Gasteiger partial charge in [0, 0.05) is 18.0 Å². The molecule has 11 heavy (non-hydrogen) atoms. The summed E-state index contributed by atoms with van der Waals surface area (Å²) in [6.45, 7) is 3.01. The minimum Gasteiger partial charge on any atom is -0.550 e. The molecular formula is C5H5NaO5. The molecule has 6 heteroatoms. The van der Waals surface area contributed by atoms with Gasteiger partial charge in [-0.2, -0.15) is 5.26 Å². The predicted molar refractivity (Wildman–Crippen MR) is 27.5 cm³/mol. The van der Waals surface area contributed by atoms with Crippen molar-refractivity contribution in [2.75, 3.05) is 0 Å². The van der Waals surface area contributed by atoms with Crippen LogP contribution in [0.4, 0.5) is 0 Å². The molecule has 0 aliphatic carbocycles. The van der Waals surface area contributed by atoms with Crippen LogP contribution in [0.5, 0.6) is 0 Å². The molecule has 0 unspecified atom stereocenters. The van der Waals surface area contributed by atoms with Gasteiger partial charge in [0.2, 0.25) is 0 Å². The van der Waals surface area contributed by atoms with E-state index in [2.05, 4.69) is 11.5 Å². The fourth-order valence-electron chi connectivity index (χ4n) is 0.311. The molecule has 56 valence electrons. The first kappa shape index (κ1) is 13.2. The largest absolute Gasteiger partial charge is 1.00 e. The fourth-order valence-corrected chi connectivity index (χ4v) is 0.311. The Balaban J connectivity index is 0. The van der Waals surface area contributed by atoms with Crippen molar-refractivity contribution >= 4 is 11.9 Å². The van der Waals surface area contributed by atoms with Crippen LogP contribution in [0.15, 0.2) is 12.2 Å². The Labute approximate surface area is 84.9 Å². The first-order valence-electron chi connectivity index (χ1n) is 2.31. The van der Waals surface area contributed by atoms with E-state index in [9.17, 15) is 14.7 Å². The maximum absolute atomic E-state index is 10.2. The molecule has 0 aromatic carbocycles. The van der Waals surface area contributed by atoms with E-state index < -0.39 is 18.4 Å². The Bertz CT molecular complexity index is 176. The molecule has 1 N–H and O–H groups in total. The fraction of sp³-hybridized carbons (Fsp3) is 0.200. The molecule has 0 amide bonds. The van der Waals surface area contributed by atoms with E-state index >= 15 is 0 Å². The molecular weight excluding hydrogens is 163 g/mol. The van der Waals surface area contributed by atoms with Crippen molar-refractivity contribution in [1.29, 1.82) is 0 Å². The van der Waals surface area contributed by atoms with Gasteiger partial charge >= 0.3 is 35.5 Å². The van der Waals surface area contributed by atoms with Crippen LogP contribution in [-0.4, -0.2) is 17.2 Å². The Morgan fingerprint density at radius 2 is 2.00 bits per heavy atom. The summed E-state index contributed by atoms with van der Waals surface area (Å²) in [7, 11) is 0. The van der Waals surface area contributed by atoms with Crippen LogP contribution in [0.3, 0.4) is 0 Å². The molecule has 5 nitrogen and oxygen atoms in total. The second kappa shape index (κ2) is 6.36. The van der Waals surface area contributed by atoms with E-state index in [4.69, 9.17) is 5.26 Å². The smallest absolute Gasteiger partial charge is 0.550 e. The van der Waals surface area contributed by atoms with Crippen LogP contribution in [0, 0.1) is 0 Å². The maximum Gasteiger partial charge on any atom is 1.00 e. The average molecular weight is 168 g/mol. The maximum atomic E-state index is 10.2. The average Bonchev–Trinajstić information content (AvgIpc) is 1.85. The Hall–Kier alpha value is -0.360. The van der Waals surface area contributed by atoms with Crippen LogP contribution in [0.2, 0.25) is 0 Å². The molecule has 0 saturated carbocycles. The summed E-state index contributed by atoms with van der Waals surface area (Å²) in [5.41, 5.74) is -0.359. The van der Waals surface area contributed by atoms with Crippen molar-refractivity contribution in [2.24, 2.45) is 0 Å². The molecule has 0 saturated heterocycles. The molecule has 0 heterocycles. The molecule has 0 bridgehead atoms. The van der Waals surface area contributed by atoms with E-state index in [1.54, 1.807) is 0 Å². The van der Waals surface area contributed by atoms with Crippen molar-refractivity contribution in [3.05, 3.63) is 12.2 Å². The third-order valence-corrected chi connectivity index (χ3v) is 0.729. The molecule has 0 aromatic rings. The molecule has 0 aliphatic heterocycles. The standard InChI is InChI=1S/C5H6O5.Na/c1-3(2-4(6)7)5(8)10-9;/h9H,1-2H2,(H,6,7);/q;+1/p-1. The van der Waals surface area contributed by atoms with Gasteiger partial charge in [-0.05, 0) is 0 Å². The van der Waals surface area contributed by atoms with Crippen molar-refractivity contribution < 1.29 is 54.4 Å². The predicted octanol–water partition coefficient (Wildman–Crippen LogP) is -4.30. The Kier molecular flexibility index (Phi) is 7.65. The summed E-state index contributed by atoms with van der Waals surface area (Å²) in [5, 5.41) is 17.5. The number of carboxylic acid groups (broad SMARTS) is 1. The summed E-state index contributed by atoms with van der Waals surface area (Å²) in [6.07, 6.45) is -0.639. The number of carboxylic acids is 1. The molecule has 0 aliphatic rings. The van der Waals surface area contributed by atoms with E-state index in [1.165, 1.54) is 0 Å². The topological polar surface area (TPSA) is 86.7 Å². The summed E-state index contributed by atoms with van der Waals surface area (Å²) in [6, 6.07) is 0. The van der Waals surface area contributed by atoms with Crippen LogP contribution < -0.4 is 34.7 Å². The normalized spacial score (nSPS) is 7.73. The third kappa shape index (κ3) is 6.05. The zero-order valence-electron chi connectivity index (χ0n) is 5.99. The number of hydrogen-bond donors (Lipinski definition) is 1. The zero-order valence-corrected chi connectivity index (χ0v) is 7.99. The van der Waals surface area contributed by atoms with Crippen LogP contribution in [0.1, 0.15) is 6.42 Å². The molecule has 0 rings (SSSR count). The van der Waals surface area contributed by atoms with Gasteiger partial charge in [0.1, 0.15) is 0 Å². The van der Waals surface area contributed by atoms with Crippen molar-refractivity contribution in [2.45, 2.75) is 6.42 Å². The SMILES string of the molecule is C=C(CC(=O)[O-])C(=O)OO.[Na+]. The van der Waals surface area contributed by atoms with Crippen LogP contribution >= 0.6 is 0 Å². The zero-order chi connectivity index (χ0) is 8.15. The van der Waals surface area contributed by atoms with Gasteiger partial charge in [-0.15, -0.1) is 0 Å². The monoisotopic (exact) mass is 168 g/mol. The van der Waals surface area contributed by atoms with Crippen molar-refractivity contribution in [3.63, 3.8) is 0 Å². The number of aliphatic carboxylic acids is 1. The van der Waals surface area contributed by atoms with E-state index in [0.29, 0.717) is 0 Å². The number of rotatable bonds is 3. The van der Waals surface area contributed by atoms with Gasteiger partial charge < -0.3 is 9.90 Å². The molecule has 0 radical (unpaired) electrons. The minimum absolute atomic E-state index is 0. The van der Waals surface area contributed by atoms with Crippen LogP contribution in [-0.2, 0) is 14.5 Å². The van der Waals surface area contributed by atoms with Gasteiger partial charge in [-0.25, -0.2) is 4.79 Å².